The molecule has 0 aliphatic carbocycles. The lowest BCUT2D eigenvalue weighted by molar-refractivity contribution is 0.191. The number of aryl methyl sites for hydroxylation is 1. The lowest BCUT2D eigenvalue weighted by Gasteiger charge is -2.26. The summed E-state index contributed by atoms with van der Waals surface area (Å²) in [6, 6.07) is 3.09. The summed E-state index contributed by atoms with van der Waals surface area (Å²) in [5, 5.41) is 9.47. The quantitative estimate of drug-likeness (QED) is 0.823. The zero-order valence-electron chi connectivity index (χ0n) is 12.1. The minimum atomic E-state index is -3.67. The van der Waals surface area contributed by atoms with Crippen LogP contribution in [0.3, 0.4) is 0 Å². The van der Waals surface area contributed by atoms with E-state index in [9.17, 15) is 13.5 Å². The number of nitrogen functional groups attached to an aromatic ring is 1. The molecule has 3 N–H and O–H groups in total. The molecule has 0 aromatic heterocycles. The van der Waals surface area contributed by atoms with Crippen molar-refractivity contribution >= 4 is 15.7 Å². The van der Waals surface area contributed by atoms with Crippen LogP contribution in [0.4, 0.5) is 5.69 Å². The van der Waals surface area contributed by atoms with Crippen molar-refractivity contribution < 1.29 is 13.5 Å². The summed E-state index contributed by atoms with van der Waals surface area (Å²) in [6.45, 7) is 5.87. The molecule has 1 aromatic carbocycles. The fourth-order valence-corrected chi connectivity index (χ4v) is 4.94. The van der Waals surface area contributed by atoms with Gasteiger partial charge in [0, 0.05) is 6.54 Å². The SMILES string of the molecule is Cc1ccc(N)c(S(=O)(=O)N2CCC(C)C2CO)c1C. The van der Waals surface area contributed by atoms with Crippen LogP contribution in [-0.4, -0.2) is 37.0 Å². The first-order chi connectivity index (χ1) is 9.30. The van der Waals surface area contributed by atoms with Crippen molar-refractivity contribution in [1.29, 1.82) is 0 Å². The lowest BCUT2D eigenvalue weighted by atomic mass is 10.0. The molecule has 20 heavy (non-hydrogen) atoms. The van der Waals surface area contributed by atoms with Crippen molar-refractivity contribution in [2.75, 3.05) is 18.9 Å². The summed E-state index contributed by atoms with van der Waals surface area (Å²) in [5.74, 6) is 0.154. The Bertz CT molecular complexity index is 613. The van der Waals surface area contributed by atoms with Gasteiger partial charge in [-0.1, -0.05) is 13.0 Å². The normalized spacial score (nSPS) is 24.2. The van der Waals surface area contributed by atoms with Crippen LogP contribution in [0.2, 0.25) is 0 Å². The fraction of sp³-hybridized carbons (Fsp3) is 0.571. The molecule has 112 valence electrons. The zero-order chi connectivity index (χ0) is 15.1. The second kappa shape index (κ2) is 5.35. The van der Waals surface area contributed by atoms with Crippen LogP contribution in [0.15, 0.2) is 17.0 Å². The number of aliphatic hydroxyl groups is 1. The van der Waals surface area contributed by atoms with E-state index in [1.165, 1.54) is 4.31 Å². The number of nitrogens with two attached hydrogens (primary N) is 1. The molecule has 0 bridgehead atoms. The minimum absolute atomic E-state index is 0.154. The molecule has 2 rings (SSSR count). The van der Waals surface area contributed by atoms with Crippen molar-refractivity contribution in [1.82, 2.24) is 4.31 Å². The van der Waals surface area contributed by atoms with Crippen LogP contribution in [0, 0.1) is 19.8 Å². The van der Waals surface area contributed by atoms with E-state index in [0.29, 0.717) is 12.1 Å². The number of sulfonamides is 1. The van der Waals surface area contributed by atoms with E-state index >= 15 is 0 Å². The van der Waals surface area contributed by atoms with Gasteiger partial charge >= 0.3 is 0 Å². The summed E-state index contributed by atoms with van der Waals surface area (Å²) >= 11 is 0. The molecule has 1 aliphatic rings. The molecule has 6 heteroatoms. The van der Waals surface area contributed by atoms with Crippen LogP contribution in [-0.2, 0) is 10.0 Å². The van der Waals surface area contributed by atoms with E-state index < -0.39 is 10.0 Å². The maximum absolute atomic E-state index is 12.9. The van der Waals surface area contributed by atoms with Crippen molar-refractivity contribution in [3.05, 3.63) is 23.3 Å². The highest BCUT2D eigenvalue weighted by Gasteiger charge is 2.40. The van der Waals surface area contributed by atoms with Gasteiger partial charge in [0.15, 0.2) is 0 Å². The highest BCUT2D eigenvalue weighted by Crippen LogP contribution is 2.34. The van der Waals surface area contributed by atoms with Gasteiger partial charge in [-0.15, -0.1) is 0 Å². The molecular formula is C14H22N2O3S. The summed E-state index contributed by atoms with van der Waals surface area (Å²) in [6.07, 6.45) is 0.759. The Hall–Kier alpha value is -1.11. The first-order valence-corrected chi connectivity index (χ1v) is 8.23. The van der Waals surface area contributed by atoms with Gasteiger partial charge in [0.2, 0.25) is 10.0 Å². The van der Waals surface area contributed by atoms with Crippen molar-refractivity contribution in [2.24, 2.45) is 5.92 Å². The van der Waals surface area contributed by atoms with Gasteiger partial charge in [0.05, 0.1) is 18.3 Å². The first-order valence-electron chi connectivity index (χ1n) is 6.79. The molecule has 5 nitrogen and oxygen atoms in total. The van der Waals surface area contributed by atoms with Gasteiger partial charge in [-0.2, -0.15) is 4.31 Å². The lowest BCUT2D eigenvalue weighted by Crippen LogP contribution is -2.40. The van der Waals surface area contributed by atoms with Crippen LogP contribution in [0.25, 0.3) is 0 Å². The third-order valence-electron chi connectivity index (χ3n) is 4.29. The molecule has 1 heterocycles. The summed E-state index contributed by atoms with van der Waals surface area (Å²) < 4.78 is 27.2. The van der Waals surface area contributed by atoms with E-state index in [-0.39, 0.29) is 29.1 Å². The Morgan fingerprint density at radius 3 is 2.65 bits per heavy atom. The van der Waals surface area contributed by atoms with Crippen molar-refractivity contribution in [3.8, 4) is 0 Å². The molecule has 1 saturated heterocycles. The van der Waals surface area contributed by atoms with Gasteiger partial charge in [-0.05, 0) is 43.4 Å². The number of anilines is 1. The average Bonchev–Trinajstić information content (AvgIpc) is 2.76. The summed E-state index contributed by atoms with van der Waals surface area (Å²) in [4.78, 5) is 0.185. The number of aliphatic hydroxyl groups excluding tert-OH is 1. The minimum Gasteiger partial charge on any atom is -0.398 e. The predicted molar refractivity (Wildman–Crippen MR) is 78.9 cm³/mol. The van der Waals surface area contributed by atoms with E-state index in [1.54, 1.807) is 13.0 Å². The van der Waals surface area contributed by atoms with E-state index in [0.717, 1.165) is 12.0 Å². The molecule has 0 radical (unpaired) electrons. The molecule has 1 aromatic rings. The van der Waals surface area contributed by atoms with E-state index in [4.69, 9.17) is 5.73 Å². The smallest absolute Gasteiger partial charge is 0.245 e. The van der Waals surface area contributed by atoms with Gasteiger partial charge in [0.1, 0.15) is 4.90 Å². The highest BCUT2D eigenvalue weighted by atomic mass is 32.2. The summed E-state index contributed by atoms with van der Waals surface area (Å²) in [5.41, 5.74) is 7.74. The molecule has 1 fully saturated rings. The first kappa shape index (κ1) is 15.3. The highest BCUT2D eigenvalue weighted by molar-refractivity contribution is 7.89. The second-order valence-electron chi connectivity index (χ2n) is 5.56. The summed E-state index contributed by atoms with van der Waals surface area (Å²) in [7, 11) is -3.67. The Morgan fingerprint density at radius 2 is 2.05 bits per heavy atom. The van der Waals surface area contributed by atoms with E-state index in [1.807, 2.05) is 19.9 Å². The van der Waals surface area contributed by atoms with Gasteiger partial charge < -0.3 is 10.8 Å². The Morgan fingerprint density at radius 1 is 1.40 bits per heavy atom. The Kier molecular flexibility index (Phi) is 4.09. The molecule has 1 aliphatic heterocycles. The standard InChI is InChI=1S/C14H22N2O3S/c1-9-4-5-12(15)14(11(9)3)20(18,19)16-7-6-10(2)13(16)8-17/h4-5,10,13,17H,6-8,15H2,1-3H3. The third kappa shape index (κ3) is 2.32. The number of benzene rings is 1. The van der Waals surface area contributed by atoms with Crippen LogP contribution < -0.4 is 5.73 Å². The third-order valence-corrected chi connectivity index (χ3v) is 6.42. The largest absolute Gasteiger partial charge is 0.398 e. The number of hydrogen-bond acceptors (Lipinski definition) is 4. The molecule has 0 saturated carbocycles. The monoisotopic (exact) mass is 298 g/mol. The fourth-order valence-electron chi connectivity index (χ4n) is 2.81. The topological polar surface area (TPSA) is 83.6 Å². The molecule has 2 atom stereocenters. The second-order valence-corrected chi connectivity index (χ2v) is 7.38. The van der Waals surface area contributed by atoms with Gasteiger partial charge in [-0.25, -0.2) is 8.42 Å². The van der Waals surface area contributed by atoms with Crippen molar-refractivity contribution in [3.63, 3.8) is 0 Å². The van der Waals surface area contributed by atoms with Crippen LogP contribution >= 0.6 is 0 Å². The zero-order valence-corrected chi connectivity index (χ0v) is 12.9. The molecular weight excluding hydrogens is 276 g/mol. The number of hydrogen-bond donors (Lipinski definition) is 2. The van der Waals surface area contributed by atoms with E-state index in [2.05, 4.69) is 0 Å². The predicted octanol–water partition coefficient (Wildman–Crippen LogP) is 1.28. The maximum atomic E-state index is 12.9. The average molecular weight is 298 g/mol. The van der Waals surface area contributed by atoms with Crippen LogP contribution in [0.5, 0.6) is 0 Å². The Labute approximate surface area is 120 Å². The number of nitrogens with zero attached hydrogens (tertiary/aromatic N) is 1. The van der Waals surface area contributed by atoms with Crippen molar-refractivity contribution in [2.45, 2.75) is 38.1 Å². The van der Waals surface area contributed by atoms with Gasteiger partial charge in [-0.3, -0.25) is 0 Å². The molecule has 0 spiro atoms. The maximum Gasteiger partial charge on any atom is 0.245 e. The Balaban J connectivity index is 2.54. The molecule has 0 amide bonds. The van der Waals surface area contributed by atoms with Crippen LogP contribution in [0.1, 0.15) is 24.5 Å². The van der Waals surface area contributed by atoms with Gasteiger partial charge in [0.25, 0.3) is 0 Å². The number of rotatable bonds is 3. The molecule has 2 unspecified atom stereocenters.